The van der Waals surface area contributed by atoms with E-state index in [1.807, 2.05) is 24.3 Å². The minimum Gasteiger partial charge on any atom is -0.392 e. The normalized spacial score (nSPS) is 22.2. The average Bonchev–Trinajstić information content (AvgIpc) is 3.28. The number of aliphatic hydroxyl groups excluding tert-OH is 1. The van der Waals surface area contributed by atoms with Gasteiger partial charge in [-0.3, -0.25) is 9.88 Å². The maximum absolute atomic E-state index is 13.5. The predicted octanol–water partition coefficient (Wildman–Crippen LogP) is 4.50. The molecule has 2 atom stereocenters. The van der Waals surface area contributed by atoms with Crippen molar-refractivity contribution in [3.05, 3.63) is 72.4 Å². The second kappa shape index (κ2) is 7.58. The van der Waals surface area contributed by atoms with Crippen LogP contribution >= 0.6 is 0 Å². The highest BCUT2D eigenvalue weighted by atomic mass is 19.1. The molecule has 4 nitrogen and oxygen atoms in total. The Kier molecular flexibility index (Phi) is 4.78. The van der Waals surface area contributed by atoms with Crippen molar-refractivity contribution in [3.63, 3.8) is 0 Å². The van der Waals surface area contributed by atoms with Gasteiger partial charge < -0.3 is 10.1 Å². The highest BCUT2D eigenvalue weighted by Gasteiger charge is 2.32. The molecule has 148 valence electrons. The fourth-order valence-electron chi connectivity index (χ4n) is 4.72. The Labute approximate surface area is 169 Å². The highest BCUT2D eigenvalue weighted by Crippen LogP contribution is 2.40. The van der Waals surface area contributed by atoms with Crippen LogP contribution in [0, 0.1) is 5.82 Å². The van der Waals surface area contributed by atoms with Crippen molar-refractivity contribution in [1.29, 1.82) is 0 Å². The number of aromatic nitrogens is 2. The third kappa shape index (κ3) is 3.52. The van der Waals surface area contributed by atoms with Crippen LogP contribution in [0.5, 0.6) is 0 Å². The van der Waals surface area contributed by atoms with E-state index in [9.17, 15) is 9.50 Å². The molecule has 0 saturated carbocycles. The van der Waals surface area contributed by atoms with Gasteiger partial charge in [0.2, 0.25) is 0 Å². The fraction of sp³-hybridized carbons (Fsp3) is 0.292. The number of hydrogen-bond acceptors (Lipinski definition) is 3. The second-order valence-corrected chi connectivity index (χ2v) is 7.96. The number of nitrogens with zero attached hydrogens (tertiary/aromatic N) is 2. The summed E-state index contributed by atoms with van der Waals surface area (Å²) in [4.78, 5) is 10.0. The maximum atomic E-state index is 13.5. The first-order valence-corrected chi connectivity index (χ1v) is 10.2. The molecule has 1 saturated heterocycles. The SMILES string of the molecule is O[C@@H]1CC2CCC(c3c[nH]c(-c4ccc(F)cc4)c3-c3ccncc3)=CCN2C1. The quantitative estimate of drug-likeness (QED) is 0.694. The number of fused-ring (bicyclic) bond motifs is 1. The molecule has 2 N–H and O–H groups in total. The average molecular weight is 389 g/mol. The van der Waals surface area contributed by atoms with Gasteiger partial charge in [0.25, 0.3) is 0 Å². The first-order valence-electron chi connectivity index (χ1n) is 10.2. The number of pyridine rings is 1. The zero-order valence-electron chi connectivity index (χ0n) is 16.2. The van der Waals surface area contributed by atoms with Gasteiger partial charge in [-0.25, -0.2) is 4.39 Å². The molecule has 3 aromatic rings. The summed E-state index contributed by atoms with van der Waals surface area (Å²) in [5.41, 5.74) is 6.70. The van der Waals surface area contributed by atoms with E-state index in [4.69, 9.17) is 0 Å². The second-order valence-electron chi connectivity index (χ2n) is 7.96. The van der Waals surface area contributed by atoms with Gasteiger partial charge in [-0.05, 0) is 72.4 Å². The van der Waals surface area contributed by atoms with Crippen LogP contribution in [-0.2, 0) is 0 Å². The molecule has 5 rings (SSSR count). The lowest BCUT2D eigenvalue weighted by molar-refractivity contribution is 0.179. The van der Waals surface area contributed by atoms with Gasteiger partial charge in [0, 0.05) is 48.8 Å². The molecular formula is C24H24FN3O. The van der Waals surface area contributed by atoms with E-state index in [1.54, 1.807) is 12.4 Å². The molecule has 0 aliphatic carbocycles. The third-order valence-corrected chi connectivity index (χ3v) is 6.15. The van der Waals surface area contributed by atoms with E-state index < -0.39 is 0 Å². The molecule has 1 unspecified atom stereocenters. The smallest absolute Gasteiger partial charge is 0.123 e. The van der Waals surface area contributed by atoms with Gasteiger partial charge in [0.15, 0.2) is 0 Å². The Bertz CT molecular complexity index is 1030. The Hall–Kier alpha value is -2.76. The number of halogens is 1. The first kappa shape index (κ1) is 18.3. The van der Waals surface area contributed by atoms with E-state index in [0.29, 0.717) is 6.04 Å². The summed E-state index contributed by atoms with van der Waals surface area (Å²) in [5.74, 6) is -0.236. The van der Waals surface area contributed by atoms with Crippen LogP contribution in [-0.4, -0.2) is 45.2 Å². The van der Waals surface area contributed by atoms with Crippen LogP contribution in [0.4, 0.5) is 4.39 Å². The molecule has 1 aromatic carbocycles. The maximum Gasteiger partial charge on any atom is 0.123 e. The van der Waals surface area contributed by atoms with E-state index in [0.717, 1.165) is 54.7 Å². The van der Waals surface area contributed by atoms with Crippen LogP contribution in [0.1, 0.15) is 24.8 Å². The van der Waals surface area contributed by atoms with Crippen molar-refractivity contribution in [2.24, 2.45) is 0 Å². The Morgan fingerprint density at radius 1 is 1.07 bits per heavy atom. The Morgan fingerprint density at radius 3 is 2.66 bits per heavy atom. The number of rotatable bonds is 3. The molecule has 5 heteroatoms. The van der Waals surface area contributed by atoms with Gasteiger partial charge in [0.05, 0.1) is 11.8 Å². The van der Waals surface area contributed by atoms with E-state index >= 15 is 0 Å². The van der Waals surface area contributed by atoms with E-state index in [1.165, 1.54) is 23.3 Å². The number of allylic oxidation sites excluding steroid dienone is 1. The number of H-pyrrole nitrogens is 1. The molecule has 29 heavy (non-hydrogen) atoms. The summed E-state index contributed by atoms with van der Waals surface area (Å²) in [5, 5.41) is 9.98. The van der Waals surface area contributed by atoms with Crippen molar-refractivity contribution in [3.8, 4) is 22.4 Å². The minimum atomic E-state index is -0.236. The molecule has 4 heterocycles. The molecule has 2 aliphatic rings. The van der Waals surface area contributed by atoms with Crippen LogP contribution in [0.2, 0.25) is 0 Å². The van der Waals surface area contributed by atoms with Gasteiger partial charge in [-0.15, -0.1) is 0 Å². The van der Waals surface area contributed by atoms with Gasteiger partial charge >= 0.3 is 0 Å². The molecular weight excluding hydrogens is 365 g/mol. The monoisotopic (exact) mass is 389 g/mol. The molecule has 2 aliphatic heterocycles. The van der Waals surface area contributed by atoms with Crippen LogP contribution in [0.25, 0.3) is 28.0 Å². The standard InChI is InChI=1S/C24H24FN3O/c25-19-4-1-18(2-5-19)24-23(17-7-10-26-11-8-17)22(14-27-24)16-3-6-20-13-21(29)15-28(20)12-9-16/h1-2,4-5,7-11,14,20-21,27,29H,3,6,12-13,15H2/t20?,21-/m1/s1. The summed E-state index contributed by atoms with van der Waals surface area (Å²) in [6.45, 7) is 1.63. The van der Waals surface area contributed by atoms with Crippen LogP contribution in [0.15, 0.2) is 61.1 Å². The molecule has 0 radical (unpaired) electrons. The fourth-order valence-corrected chi connectivity index (χ4v) is 4.72. The van der Waals surface area contributed by atoms with E-state index in [2.05, 4.69) is 27.1 Å². The van der Waals surface area contributed by atoms with Crippen molar-refractivity contribution >= 4 is 5.57 Å². The highest BCUT2D eigenvalue weighted by molar-refractivity contribution is 5.91. The largest absolute Gasteiger partial charge is 0.392 e. The minimum absolute atomic E-state index is 0.195. The summed E-state index contributed by atoms with van der Waals surface area (Å²) >= 11 is 0. The van der Waals surface area contributed by atoms with Crippen molar-refractivity contribution in [2.45, 2.75) is 31.4 Å². The summed E-state index contributed by atoms with van der Waals surface area (Å²) in [7, 11) is 0. The van der Waals surface area contributed by atoms with Crippen molar-refractivity contribution < 1.29 is 9.50 Å². The lowest BCUT2D eigenvalue weighted by Gasteiger charge is -2.19. The Morgan fingerprint density at radius 2 is 1.86 bits per heavy atom. The van der Waals surface area contributed by atoms with Gasteiger partial charge in [0.1, 0.15) is 5.82 Å². The molecule has 0 amide bonds. The zero-order valence-corrected chi connectivity index (χ0v) is 16.2. The van der Waals surface area contributed by atoms with Crippen molar-refractivity contribution in [2.75, 3.05) is 13.1 Å². The molecule has 0 spiro atoms. The number of aromatic amines is 1. The lowest BCUT2D eigenvalue weighted by Crippen LogP contribution is -2.28. The number of nitrogens with one attached hydrogen (secondary N) is 1. The van der Waals surface area contributed by atoms with Crippen LogP contribution < -0.4 is 0 Å². The molecule has 2 aromatic heterocycles. The molecule has 0 bridgehead atoms. The predicted molar refractivity (Wildman–Crippen MR) is 113 cm³/mol. The number of hydrogen-bond donors (Lipinski definition) is 2. The zero-order chi connectivity index (χ0) is 19.8. The summed E-state index contributed by atoms with van der Waals surface area (Å²) < 4.78 is 13.5. The molecule has 1 fully saturated rings. The summed E-state index contributed by atoms with van der Waals surface area (Å²) in [6.07, 6.45) is 10.7. The third-order valence-electron chi connectivity index (χ3n) is 6.15. The van der Waals surface area contributed by atoms with Gasteiger partial charge in [-0.1, -0.05) is 6.08 Å². The van der Waals surface area contributed by atoms with E-state index in [-0.39, 0.29) is 11.9 Å². The lowest BCUT2D eigenvalue weighted by atomic mass is 9.92. The van der Waals surface area contributed by atoms with Crippen molar-refractivity contribution in [1.82, 2.24) is 14.9 Å². The summed E-state index contributed by atoms with van der Waals surface area (Å²) in [6, 6.07) is 11.1. The van der Waals surface area contributed by atoms with Gasteiger partial charge in [-0.2, -0.15) is 0 Å². The topological polar surface area (TPSA) is 52.1 Å². The van der Waals surface area contributed by atoms with Crippen LogP contribution in [0.3, 0.4) is 0 Å². The first-order chi connectivity index (χ1) is 14.2. The number of aliphatic hydroxyl groups is 1. The Balaban J connectivity index is 1.57. The number of benzene rings is 1.